The maximum atomic E-state index is 4.48. The summed E-state index contributed by atoms with van der Waals surface area (Å²) in [7, 11) is 6.66. The third-order valence-corrected chi connectivity index (χ3v) is 5.09. The highest BCUT2D eigenvalue weighted by atomic mass is 32.1. The van der Waals surface area contributed by atoms with E-state index in [2.05, 4.69) is 66.4 Å². The van der Waals surface area contributed by atoms with Crippen LogP contribution in [0.25, 0.3) is 10.2 Å². The summed E-state index contributed by atoms with van der Waals surface area (Å²) in [6.07, 6.45) is 0. The standard InChI is InChI=1S/C20H26N5S/c1-5-24(14-15-25(2,3)4)17-12-10-16(11-13-17)22-23-20-21-18-8-6-7-9-19(18)26-20/h6-13H,5,14-15H2,1-4H3/q+1. The first-order chi connectivity index (χ1) is 12.4. The highest BCUT2D eigenvalue weighted by Gasteiger charge is 2.11. The largest absolute Gasteiger partial charge is 0.366 e. The minimum atomic E-state index is 0.688. The summed E-state index contributed by atoms with van der Waals surface area (Å²) in [6.45, 7) is 5.32. The molecule has 136 valence electrons. The van der Waals surface area contributed by atoms with Gasteiger partial charge < -0.3 is 9.38 Å². The van der Waals surface area contributed by atoms with Crippen molar-refractivity contribution in [1.29, 1.82) is 0 Å². The molecule has 0 atom stereocenters. The normalized spacial score (nSPS) is 12.2. The monoisotopic (exact) mass is 368 g/mol. The van der Waals surface area contributed by atoms with E-state index in [9.17, 15) is 0 Å². The van der Waals surface area contributed by atoms with Gasteiger partial charge in [-0.05, 0) is 43.3 Å². The zero-order valence-electron chi connectivity index (χ0n) is 15.9. The molecule has 0 fully saturated rings. The van der Waals surface area contributed by atoms with E-state index in [0.29, 0.717) is 5.13 Å². The first-order valence-corrected chi connectivity index (χ1v) is 9.69. The number of para-hydroxylation sites is 1. The van der Waals surface area contributed by atoms with Crippen LogP contribution in [0.1, 0.15) is 6.92 Å². The lowest BCUT2D eigenvalue weighted by atomic mass is 10.2. The third kappa shape index (κ3) is 4.86. The summed E-state index contributed by atoms with van der Waals surface area (Å²) in [5, 5.41) is 9.32. The molecule has 0 aliphatic heterocycles. The van der Waals surface area contributed by atoms with Crippen molar-refractivity contribution in [2.24, 2.45) is 10.2 Å². The second kappa shape index (κ2) is 7.93. The van der Waals surface area contributed by atoms with Crippen LogP contribution < -0.4 is 4.90 Å². The Kier molecular flexibility index (Phi) is 5.64. The molecule has 0 amide bonds. The van der Waals surface area contributed by atoms with Crippen LogP contribution in [0.3, 0.4) is 0 Å². The van der Waals surface area contributed by atoms with Crippen LogP contribution in [0.5, 0.6) is 0 Å². The van der Waals surface area contributed by atoms with E-state index in [0.717, 1.165) is 40.0 Å². The molecule has 0 spiro atoms. The lowest BCUT2D eigenvalue weighted by Gasteiger charge is -2.29. The number of aromatic nitrogens is 1. The lowest BCUT2D eigenvalue weighted by molar-refractivity contribution is -0.868. The van der Waals surface area contributed by atoms with Gasteiger partial charge in [-0.25, -0.2) is 4.98 Å². The van der Waals surface area contributed by atoms with Crippen LogP contribution in [-0.4, -0.2) is 50.2 Å². The van der Waals surface area contributed by atoms with Crippen LogP contribution in [-0.2, 0) is 0 Å². The molecular weight excluding hydrogens is 342 g/mol. The van der Waals surface area contributed by atoms with Gasteiger partial charge in [0.15, 0.2) is 0 Å². The first-order valence-electron chi connectivity index (χ1n) is 8.87. The van der Waals surface area contributed by atoms with Crippen LogP contribution in [0, 0.1) is 0 Å². The molecule has 5 nitrogen and oxygen atoms in total. The summed E-state index contributed by atoms with van der Waals surface area (Å²) < 4.78 is 2.10. The molecule has 26 heavy (non-hydrogen) atoms. The molecule has 0 radical (unpaired) electrons. The predicted molar refractivity (Wildman–Crippen MR) is 111 cm³/mol. The first kappa shape index (κ1) is 18.5. The Labute approximate surface area is 159 Å². The number of rotatable bonds is 7. The second-order valence-electron chi connectivity index (χ2n) is 7.27. The molecule has 3 aromatic rings. The molecule has 0 unspecified atom stereocenters. The molecule has 1 heterocycles. The maximum Gasteiger partial charge on any atom is 0.231 e. The Balaban J connectivity index is 1.68. The topological polar surface area (TPSA) is 40.9 Å². The zero-order chi connectivity index (χ0) is 18.6. The van der Waals surface area contributed by atoms with E-state index in [1.54, 1.807) is 11.3 Å². The fourth-order valence-electron chi connectivity index (χ4n) is 2.62. The van der Waals surface area contributed by atoms with E-state index in [1.807, 2.05) is 30.3 Å². The van der Waals surface area contributed by atoms with Gasteiger partial charge >= 0.3 is 0 Å². The number of azo groups is 1. The number of hydrogen-bond acceptors (Lipinski definition) is 5. The van der Waals surface area contributed by atoms with Crippen molar-refractivity contribution in [3.63, 3.8) is 0 Å². The maximum absolute atomic E-state index is 4.48. The van der Waals surface area contributed by atoms with Crippen molar-refractivity contribution in [3.8, 4) is 0 Å². The van der Waals surface area contributed by atoms with Crippen LogP contribution in [0.4, 0.5) is 16.5 Å². The Morgan fingerprint density at radius 3 is 2.38 bits per heavy atom. The van der Waals surface area contributed by atoms with E-state index >= 15 is 0 Å². The number of fused-ring (bicyclic) bond motifs is 1. The number of thiazole rings is 1. The zero-order valence-corrected chi connectivity index (χ0v) is 16.7. The number of anilines is 1. The molecule has 6 heteroatoms. The molecular formula is C20H26N5S+. The minimum absolute atomic E-state index is 0.688. The third-order valence-electron chi connectivity index (χ3n) is 4.17. The van der Waals surface area contributed by atoms with Gasteiger partial charge in [-0.3, -0.25) is 0 Å². The molecule has 0 saturated carbocycles. The van der Waals surface area contributed by atoms with Gasteiger partial charge in [0.25, 0.3) is 0 Å². The van der Waals surface area contributed by atoms with Crippen LogP contribution in [0.2, 0.25) is 0 Å². The van der Waals surface area contributed by atoms with Crippen molar-refractivity contribution >= 4 is 38.1 Å². The molecule has 0 N–H and O–H groups in total. The van der Waals surface area contributed by atoms with Gasteiger partial charge in [0.1, 0.15) is 0 Å². The van der Waals surface area contributed by atoms with Gasteiger partial charge in [-0.15, -0.1) is 10.2 Å². The fourth-order valence-corrected chi connectivity index (χ4v) is 3.41. The Morgan fingerprint density at radius 2 is 1.73 bits per heavy atom. The quantitative estimate of drug-likeness (QED) is 0.422. The van der Waals surface area contributed by atoms with Crippen molar-refractivity contribution in [1.82, 2.24) is 4.98 Å². The Bertz CT molecular complexity index is 844. The van der Waals surface area contributed by atoms with Crippen LogP contribution >= 0.6 is 11.3 Å². The average Bonchev–Trinajstić information content (AvgIpc) is 3.03. The van der Waals surface area contributed by atoms with E-state index in [-0.39, 0.29) is 0 Å². The highest BCUT2D eigenvalue weighted by molar-refractivity contribution is 7.21. The molecule has 0 aliphatic rings. The minimum Gasteiger partial charge on any atom is -0.366 e. The molecule has 2 aromatic carbocycles. The average molecular weight is 369 g/mol. The van der Waals surface area contributed by atoms with Crippen molar-refractivity contribution < 1.29 is 4.48 Å². The van der Waals surface area contributed by atoms with Crippen LogP contribution in [0.15, 0.2) is 58.8 Å². The Morgan fingerprint density at radius 1 is 1.00 bits per heavy atom. The summed E-state index contributed by atoms with van der Waals surface area (Å²) >= 11 is 1.56. The summed E-state index contributed by atoms with van der Waals surface area (Å²) in [4.78, 5) is 6.87. The lowest BCUT2D eigenvalue weighted by Crippen LogP contribution is -2.42. The molecule has 1 aromatic heterocycles. The van der Waals surface area contributed by atoms with E-state index in [1.165, 1.54) is 5.69 Å². The summed E-state index contributed by atoms with van der Waals surface area (Å²) in [6, 6.07) is 16.3. The van der Waals surface area contributed by atoms with Crippen molar-refractivity contribution in [3.05, 3.63) is 48.5 Å². The number of nitrogens with zero attached hydrogens (tertiary/aromatic N) is 5. The van der Waals surface area contributed by atoms with Crippen molar-refractivity contribution in [2.75, 3.05) is 45.7 Å². The number of benzene rings is 2. The highest BCUT2D eigenvalue weighted by Crippen LogP contribution is 2.29. The van der Waals surface area contributed by atoms with Crippen molar-refractivity contribution in [2.45, 2.75) is 6.92 Å². The van der Waals surface area contributed by atoms with Gasteiger partial charge in [-0.2, -0.15) is 0 Å². The van der Waals surface area contributed by atoms with E-state index in [4.69, 9.17) is 0 Å². The second-order valence-corrected chi connectivity index (χ2v) is 8.28. The van der Waals surface area contributed by atoms with E-state index < -0.39 is 0 Å². The number of likely N-dealkylation sites (N-methyl/N-ethyl adjacent to an activating group) is 2. The summed E-state index contributed by atoms with van der Waals surface area (Å²) in [5.41, 5.74) is 3.04. The molecule has 3 rings (SSSR count). The Hall–Kier alpha value is -2.31. The van der Waals surface area contributed by atoms with Gasteiger partial charge in [0, 0.05) is 12.2 Å². The summed E-state index contributed by atoms with van der Waals surface area (Å²) in [5.74, 6) is 0. The predicted octanol–water partition coefficient (Wildman–Crippen LogP) is 5.24. The van der Waals surface area contributed by atoms with Gasteiger partial charge in [0.05, 0.1) is 50.1 Å². The molecule has 0 aliphatic carbocycles. The SMILES string of the molecule is CCN(CC[N+](C)(C)C)c1ccc(N=Nc2nc3ccccc3s2)cc1. The smallest absolute Gasteiger partial charge is 0.231 e. The number of quaternary nitrogens is 1. The number of hydrogen-bond donors (Lipinski definition) is 0. The fraction of sp³-hybridized carbons (Fsp3) is 0.350. The van der Waals surface area contributed by atoms with Gasteiger partial charge in [-0.1, -0.05) is 23.5 Å². The van der Waals surface area contributed by atoms with Gasteiger partial charge in [0.2, 0.25) is 5.13 Å². The molecule has 0 saturated heterocycles. The molecule has 0 bridgehead atoms.